The molecule has 3 aliphatic rings. The average molecular weight is 348 g/mol. The van der Waals surface area contributed by atoms with Gasteiger partial charge in [0.15, 0.2) is 5.79 Å². The number of nitrogens with zero attached hydrogens (tertiary/aromatic N) is 1. The molecule has 4 rings (SSSR count). The van der Waals surface area contributed by atoms with Gasteiger partial charge in [0.05, 0.1) is 25.2 Å². The number of likely N-dealkylation sites (tertiary alicyclic amines) is 1. The molecule has 138 valence electrons. The minimum atomic E-state index is -0.672. The third kappa shape index (κ3) is 3.35. The molecule has 2 atom stereocenters. The number of carbonyl (C=O) groups is 1. The van der Waals surface area contributed by atoms with Crippen LogP contribution >= 0.6 is 0 Å². The van der Waals surface area contributed by atoms with Crippen molar-refractivity contribution in [3.8, 4) is 0 Å². The molecule has 25 heavy (non-hydrogen) atoms. The van der Waals surface area contributed by atoms with Gasteiger partial charge >= 0.3 is 0 Å². The summed E-state index contributed by atoms with van der Waals surface area (Å²) in [6, 6.07) is 4.12. The molecule has 6 heteroatoms. The Hall–Kier alpha value is -1.37. The van der Waals surface area contributed by atoms with Crippen molar-refractivity contribution in [1.82, 2.24) is 10.2 Å². The molecule has 0 bridgehead atoms. The monoisotopic (exact) mass is 348 g/mol. The molecule has 1 saturated carbocycles. The first-order chi connectivity index (χ1) is 12.2. The molecule has 3 heterocycles. The van der Waals surface area contributed by atoms with E-state index in [9.17, 15) is 4.79 Å². The topological polar surface area (TPSA) is 63.9 Å². The summed E-state index contributed by atoms with van der Waals surface area (Å²) in [6.45, 7) is 5.82. The number of amides is 1. The highest BCUT2D eigenvalue weighted by Crippen LogP contribution is 2.42. The minimum absolute atomic E-state index is 0.0480. The second-order valence-corrected chi connectivity index (χ2v) is 7.41. The second kappa shape index (κ2) is 7.09. The molecular formula is C19H28N2O4. The molecule has 3 fully saturated rings. The summed E-state index contributed by atoms with van der Waals surface area (Å²) >= 11 is 0. The Morgan fingerprint density at radius 1 is 1.28 bits per heavy atom. The van der Waals surface area contributed by atoms with E-state index < -0.39 is 5.79 Å². The SMILES string of the molecule is Cc1ccc([C@@H](CNC(=O)[C@H]2CCCC23OCCO3)N2CCCC2)o1. The van der Waals surface area contributed by atoms with Gasteiger partial charge in [-0.25, -0.2) is 0 Å². The number of hydrogen-bond donors (Lipinski definition) is 1. The number of rotatable bonds is 5. The molecule has 1 N–H and O–H groups in total. The van der Waals surface area contributed by atoms with E-state index in [0.29, 0.717) is 19.8 Å². The van der Waals surface area contributed by atoms with Crippen molar-refractivity contribution >= 4 is 5.91 Å². The van der Waals surface area contributed by atoms with Gasteiger partial charge in [-0.2, -0.15) is 0 Å². The Morgan fingerprint density at radius 2 is 2.04 bits per heavy atom. The molecule has 1 spiro atoms. The largest absolute Gasteiger partial charge is 0.465 e. The van der Waals surface area contributed by atoms with Crippen LogP contribution in [-0.4, -0.2) is 49.4 Å². The van der Waals surface area contributed by atoms with E-state index in [2.05, 4.69) is 10.2 Å². The Bertz CT molecular complexity index is 597. The highest BCUT2D eigenvalue weighted by molar-refractivity contribution is 5.80. The number of carbonyl (C=O) groups excluding carboxylic acids is 1. The van der Waals surface area contributed by atoms with E-state index in [-0.39, 0.29) is 17.9 Å². The fourth-order valence-corrected chi connectivity index (χ4v) is 4.51. The lowest BCUT2D eigenvalue weighted by Crippen LogP contribution is -2.46. The van der Waals surface area contributed by atoms with Crippen LogP contribution < -0.4 is 5.32 Å². The van der Waals surface area contributed by atoms with E-state index in [1.165, 1.54) is 12.8 Å². The fraction of sp³-hybridized carbons (Fsp3) is 0.737. The molecule has 0 radical (unpaired) electrons. The zero-order valence-corrected chi connectivity index (χ0v) is 15.0. The predicted molar refractivity (Wildman–Crippen MR) is 92.0 cm³/mol. The maximum absolute atomic E-state index is 12.8. The Kier molecular flexibility index (Phi) is 4.84. The normalized spacial score (nSPS) is 27.2. The van der Waals surface area contributed by atoms with Gasteiger partial charge < -0.3 is 19.2 Å². The van der Waals surface area contributed by atoms with Crippen LogP contribution in [0.4, 0.5) is 0 Å². The van der Waals surface area contributed by atoms with Crippen molar-refractivity contribution in [2.45, 2.75) is 50.9 Å². The Morgan fingerprint density at radius 3 is 2.72 bits per heavy atom. The van der Waals surface area contributed by atoms with Crippen LogP contribution in [0.15, 0.2) is 16.5 Å². The van der Waals surface area contributed by atoms with Crippen LogP contribution in [0.1, 0.15) is 49.7 Å². The van der Waals surface area contributed by atoms with Crippen LogP contribution in [0.25, 0.3) is 0 Å². The zero-order valence-electron chi connectivity index (χ0n) is 15.0. The van der Waals surface area contributed by atoms with Crippen LogP contribution in [-0.2, 0) is 14.3 Å². The van der Waals surface area contributed by atoms with Crippen molar-refractivity contribution in [3.63, 3.8) is 0 Å². The third-order valence-corrected chi connectivity index (χ3v) is 5.78. The molecule has 0 aromatic carbocycles. The van der Waals surface area contributed by atoms with Gasteiger partial charge in [-0.3, -0.25) is 9.69 Å². The highest BCUT2D eigenvalue weighted by Gasteiger charge is 2.51. The van der Waals surface area contributed by atoms with Gasteiger partial charge in [0, 0.05) is 13.0 Å². The summed E-state index contributed by atoms with van der Waals surface area (Å²) in [7, 11) is 0. The fourth-order valence-electron chi connectivity index (χ4n) is 4.51. The third-order valence-electron chi connectivity index (χ3n) is 5.78. The summed E-state index contributed by atoms with van der Waals surface area (Å²) in [4.78, 5) is 15.3. The summed E-state index contributed by atoms with van der Waals surface area (Å²) < 4.78 is 17.5. The first-order valence-electron chi connectivity index (χ1n) is 9.54. The lowest BCUT2D eigenvalue weighted by atomic mass is 10.0. The maximum Gasteiger partial charge on any atom is 0.228 e. The van der Waals surface area contributed by atoms with E-state index in [0.717, 1.165) is 43.9 Å². The minimum Gasteiger partial charge on any atom is -0.465 e. The molecule has 2 aliphatic heterocycles. The molecule has 1 aromatic rings. The molecule has 0 unspecified atom stereocenters. The molecular weight excluding hydrogens is 320 g/mol. The van der Waals surface area contributed by atoms with Crippen LogP contribution in [0, 0.1) is 12.8 Å². The maximum atomic E-state index is 12.8. The van der Waals surface area contributed by atoms with E-state index in [1.807, 2.05) is 19.1 Å². The number of furan rings is 1. The first-order valence-corrected chi connectivity index (χ1v) is 9.54. The van der Waals surface area contributed by atoms with Crippen LogP contribution in [0.3, 0.4) is 0 Å². The summed E-state index contributed by atoms with van der Waals surface area (Å²) in [5.74, 6) is 1.02. The van der Waals surface area contributed by atoms with Gasteiger partial charge in [-0.05, 0) is 57.8 Å². The zero-order chi connectivity index (χ0) is 17.3. The van der Waals surface area contributed by atoms with E-state index in [1.54, 1.807) is 0 Å². The van der Waals surface area contributed by atoms with Crippen molar-refractivity contribution in [2.24, 2.45) is 5.92 Å². The Labute approximate surface area is 148 Å². The van der Waals surface area contributed by atoms with Crippen molar-refractivity contribution in [1.29, 1.82) is 0 Å². The summed E-state index contributed by atoms with van der Waals surface area (Å²) in [6.07, 6.45) is 5.04. The molecule has 1 aliphatic carbocycles. The van der Waals surface area contributed by atoms with Crippen LogP contribution in [0.2, 0.25) is 0 Å². The lowest BCUT2D eigenvalue weighted by Gasteiger charge is -2.30. The first kappa shape index (κ1) is 17.1. The predicted octanol–water partition coefficient (Wildman–Crippen LogP) is 2.38. The van der Waals surface area contributed by atoms with Crippen molar-refractivity contribution in [3.05, 3.63) is 23.7 Å². The number of aryl methyl sites for hydroxylation is 1. The van der Waals surface area contributed by atoms with E-state index in [4.69, 9.17) is 13.9 Å². The molecule has 1 aromatic heterocycles. The molecule has 2 saturated heterocycles. The second-order valence-electron chi connectivity index (χ2n) is 7.41. The van der Waals surface area contributed by atoms with Gasteiger partial charge in [0.1, 0.15) is 11.5 Å². The lowest BCUT2D eigenvalue weighted by molar-refractivity contribution is -0.186. The van der Waals surface area contributed by atoms with Crippen LogP contribution in [0.5, 0.6) is 0 Å². The van der Waals surface area contributed by atoms with Crippen molar-refractivity contribution in [2.75, 3.05) is 32.8 Å². The smallest absolute Gasteiger partial charge is 0.228 e. The number of hydrogen-bond acceptors (Lipinski definition) is 5. The van der Waals surface area contributed by atoms with Gasteiger partial charge in [-0.1, -0.05) is 0 Å². The van der Waals surface area contributed by atoms with Gasteiger partial charge in [-0.15, -0.1) is 0 Å². The van der Waals surface area contributed by atoms with Crippen molar-refractivity contribution < 1.29 is 18.7 Å². The average Bonchev–Trinajstić information content (AvgIpc) is 3.38. The standard InChI is InChI=1S/C19H28N2O4/c1-14-6-7-17(25-14)16(21-9-2-3-10-21)13-20-18(22)15-5-4-8-19(15)23-11-12-24-19/h6-7,15-16H,2-5,8-13H2,1H3,(H,20,22)/t15-,16-/m1/s1. The molecule has 6 nitrogen and oxygen atoms in total. The number of nitrogens with one attached hydrogen (secondary N) is 1. The van der Waals surface area contributed by atoms with Gasteiger partial charge in [0.2, 0.25) is 5.91 Å². The number of ether oxygens (including phenoxy) is 2. The highest BCUT2D eigenvalue weighted by atomic mass is 16.7. The Balaban J connectivity index is 1.43. The summed E-state index contributed by atoms with van der Waals surface area (Å²) in [5, 5.41) is 3.16. The van der Waals surface area contributed by atoms with E-state index >= 15 is 0 Å². The molecule has 1 amide bonds. The quantitative estimate of drug-likeness (QED) is 0.885. The summed E-state index contributed by atoms with van der Waals surface area (Å²) in [5.41, 5.74) is 0. The van der Waals surface area contributed by atoms with Gasteiger partial charge in [0.25, 0.3) is 0 Å².